The number of carbonyl (C=O) groups excluding carboxylic acids is 1. The number of thiophene rings is 1. The van der Waals surface area contributed by atoms with Gasteiger partial charge in [0.1, 0.15) is 10.4 Å². The summed E-state index contributed by atoms with van der Waals surface area (Å²) in [6.45, 7) is -1.45. The van der Waals surface area contributed by atoms with Crippen LogP contribution in [0.15, 0.2) is 18.3 Å². The molecule has 2 heterocycles. The molecule has 0 radical (unpaired) electrons. The molecular formula is C11H9F4N3OS. The van der Waals surface area contributed by atoms with Gasteiger partial charge in [0, 0.05) is 6.20 Å². The molecule has 108 valence electrons. The molecule has 0 aliphatic rings. The maximum absolute atomic E-state index is 12.7. The van der Waals surface area contributed by atoms with E-state index in [1.165, 1.54) is 6.20 Å². The fourth-order valence-corrected chi connectivity index (χ4v) is 2.47. The molecule has 2 aromatic heterocycles. The number of halogens is 4. The third-order valence-corrected chi connectivity index (χ3v) is 3.65. The number of carbonyl (C=O) groups is 1. The average Bonchev–Trinajstić information content (AvgIpc) is 2.74. The molecule has 1 amide bonds. The van der Waals surface area contributed by atoms with E-state index in [1.54, 1.807) is 17.4 Å². The monoisotopic (exact) mass is 307 g/mol. The third kappa shape index (κ3) is 2.67. The van der Waals surface area contributed by atoms with Gasteiger partial charge in [0.15, 0.2) is 0 Å². The van der Waals surface area contributed by atoms with Crippen LogP contribution >= 0.6 is 11.3 Å². The highest BCUT2D eigenvalue weighted by Crippen LogP contribution is 2.32. The number of nitrogens with one attached hydrogen (secondary N) is 1. The minimum absolute atomic E-state index is 0.0243. The Kier molecular flexibility index (Phi) is 3.80. The summed E-state index contributed by atoms with van der Waals surface area (Å²) in [6.07, 6.45) is -2.37. The zero-order valence-electron chi connectivity index (χ0n) is 9.87. The van der Waals surface area contributed by atoms with Crippen LogP contribution in [0, 0.1) is 0 Å². The molecule has 0 bridgehead atoms. The van der Waals surface area contributed by atoms with Gasteiger partial charge in [-0.3, -0.25) is 9.78 Å². The fourth-order valence-electron chi connectivity index (χ4n) is 1.47. The first-order valence-corrected chi connectivity index (χ1v) is 6.21. The van der Waals surface area contributed by atoms with E-state index in [1.807, 2.05) is 0 Å². The summed E-state index contributed by atoms with van der Waals surface area (Å²) in [6, 6.07) is 3.29. The summed E-state index contributed by atoms with van der Waals surface area (Å²) >= 11 is 0.959. The lowest BCUT2D eigenvalue weighted by atomic mass is 10.3. The first-order chi connectivity index (χ1) is 9.33. The summed E-state index contributed by atoms with van der Waals surface area (Å²) in [5.41, 5.74) is 6.11. The molecule has 0 fully saturated rings. The molecule has 9 heteroatoms. The van der Waals surface area contributed by atoms with Crippen LogP contribution < -0.4 is 11.1 Å². The Morgan fingerprint density at radius 1 is 1.50 bits per heavy atom. The molecule has 0 aromatic carbocycles. The number of hydrogen-bond donors (Lipinski definition) is 2. The van der Waals surface area contributed by atoms with E-state index >= 15 is 0 Å². The van der Waals surface area contributed by atoms with E-state index in [-0.39, 0.29) is 10.6 Å². The lowest BCUT2D eigenvalue weighted by Crippen LogP contribution is -2.41. The first-order valence-electron chi connectivity index (χ1n) is 5.40. The van der Waals surface area contributed by atoms with Crippen LogP contribution in [-0.4, -0.2) is 29.8 Å². The lowest BCUT2D eigenvalue weighted by molar-refractivity contribution is -0.123. The van der Waals surface area contributed by atoms with Gasteiger partial charge in [-0.05, 0) is 12.1 Å². The van der Waals surface area contributed by atoms with Gasteiger partial charge >= 0.3 is 12.3 Å². The number of hydrogen-bond acceptors (Lipinski definition) is 4. The molecule has 0 saturated heterocycles. The summed E-state index contributed by atoms with van der Waals surface area (Å²) in [7, 11) is 0. The van der Waals surface area contributed by atoms with Crippen LogP contribution in [0.4, 0.5) is 23.2 Å². The molecule has 0 unspecified atom stereocenters. The van der Waals surface area contributed by atoms with Crippen molar-refractivity contribution >= 4 is 33.1 Å². The number of aromatic nitrogens is 1. The fraction of sp³-hybridized carbons (Fsp3) is 0.273. The lowest BCUT2D eigenvalue weighted by Gasteiger charge is -2.15. The molecule has 2 aromatic rings. The molecule has 3 N–H and O–H groups in total. The minimum atomic E-state index is -4.28. The third-order valence-electron chi connectivity index (χ3n) is 2.49. The Morgan fingerprint density at radius 2 is 2.20 bits per heavy atom. The molecule has 2 rings (SSSR count). The minimum Gasteiger partial charge on any atom is -0.396 e. The predicted molar refractivity (Wildman–Crippen MR) is 67.3 cm³/mol. The standard InChI is InChI=1S/C11H9F4N3OS/c12-10(13)11(14,15)4-18-9(19)8-6(16)7-5(20-8)2-1-3-17-7/h1-3,10H,4,16H2,(H,18,19). The smallest absolute Gasteiger partial charge is 0.324 e. The van der Waals surface area contributed by atoms with Gasteiger partial charge in [0.2, 0.25) is 0 Å². The van der Waals surface area contributed by atoms with E-state index in [4.69, 9.17) is 5.73 Å². The number of anilines is 1. The van der Waals surface area contributed by atoms with Crippen LogP contribution in [0.1, 0.15) is 9.67 Å². The molecule has 4 nitrogen and oxygen atoms in total. The second-order valence-corrected chi connectivity index (χ2v) is 4.99. The molecule has 0 aliphatic carbocycles. The van der Waals surface area contributed by atoms with Crippen molar-refractivity contribution in [1.82, 2.24) is 10.3 Å². The van der Waals surface area contributed by atoms with Crippen LogP contribution in [0.2, 0.25) is 0 Å². The first kappa shape index (κ1) is 14.5. The van der Waals surface area contributed by atoms with Gasteiger partial charge in [-0.25, -0.2) is 8.78 Å². The van der Waals surface area contributed by atoms with E-state index < -0.39 is 24.8 Å². The molecular weight excluding hydrogens is 298 g/mol. The maximum atomic E-state index is 12.7. The maximum Gasteiger partial charge on any atom is 0.324 e. The second-order valence-electron chi connectivity index (χ2n) is 3.94. The average molecular weight is 307 g/mol. The molecule has 0 spiro atoms. The van der Waals surface area contributed by atoms with E-state index in [0.29, 0.717) is 10.2 Å². The van der Waals surface area contributed by atoms with Crippen molar-refractivity contribution in [3.8, 4) is 0 Å². The van der Waals surface area contributed by atoms with Crippen molar-refractivity contribution in [2.45, 2.75) is 12.3 Å². The van der Waals surface area contributed by atoms with Crippen molar-refractivity contribution < 1.29 is 22.4 Å². The molecule has 20 heavy (non-hydrogen) atoms. The van der Waals surface area contributed by atoms with E-state index in [9.17, 15) is 22.4 Å². The van der Waals surface area contributed by atoms with Gasteiger partial charge < -0.3 is 11.1 Å². The van der Waals surface area contributed by atoms with Crippen LogP contribution in [-0.2, 0) is 0 Å². The second kappa shape index (κ2) is 5.23. The SMILES string of the molecule is Nc1c(C(=O)NCC(F)(F)C(F)F)sc2cccnc12. The number of nitrogens with zero attached hydrogens (tertiary/aromatic N) is 1. The van der Waals surface area contributed by atoms with Crippen molar-refractivity contribution in [3.63, 3.8) is 0 Å². The Balaban J connectivity index is 2.18. The summed E-state index contributed by atoms with van der Waals surface area (Å²) in [4.78, 5) is 15.7. The molecule has 0 aliphatic heterocycles. The van der Waals surface area contributed by atoms with Crippen LogP contribution in [0.25, 0.3) is 10.2 Å². The normalized spacial score (nSPS) is 12.1. The Bertz CT molecular complexity index is 644. The number of fused-ring (bicyclic) bond motifs is 1. The van der Waals surface area contributed by atoms with Gasteiger partial charge in [-0.15, -0.1) is 11.3 Å². The number of alkyl halides is 4. The van der Waals surface area contributed by atoms with E-state index in [0.717, 1.165) is 11.3 Å². The summed E-state index contributed by atoms with van der Waals surface area (Å²) < 4.78 is 50.0. The van der Waals surface area contributed by atoms with E-state index in [2.05, 4.69) is 4.98 Å². The number of nitrogens with two attached hydrogens (primary N) is 1. The molecule has 0 atom stereocenters. The van der Waals surface area contributed by atoms with Crippen LogP contribution in [0.5, 0.6) is 0 Å². The van der Waals surface area contributed by atoms with Gasteiger partial charge in [-0.1, -0.05) is 0 Å². The summed E-state index contributed by atoms with van der Waals surface area (Å²) in [5.74, 6) is -5.20. The highest BCUT2D eigenvalue weighted by molar-refractivity contribution is 7.21. The number of nitrogen functional groups attached to an aromatic ring is 1. The topological polar surface area (TPSA) is 68.0 Å². The quantitative estimate of drug-likeness (QED) is 0.853. The highest BCUT2D eigenvalue weighted by atomic mass is 32.1. The van der Waals surface area contributed by atoms with Crippen molar-refractivity contribution in [2.24, 2.45) is 0 Å². The van der Waals surface area contributed by atoms with Gasteiger partial charge in [-0.2, -0.15) is 8.78 Å². The zero-order valence-corrected chi connectivity index (χ0v) is 10.7. The Hall–Kier alpha value is -1.90. The van der Waals surface area contributed by atoms with Crippen molar-refractivity contribution in [3.05, 3.63) is 23.2 Å². The molecule has 0 saturated carbocycles. The van der Waals surface area contributed by atoms with Crippen LogP contribution in [0.3, 0.4) is 0 Å². The van der Waals surface area contributed by atoms with Gasteiger partial charge in [0.05, 0.1) is 16.9 Å². The summed E-state index contributed by atoms with van der Waals surface area (Å²) in [5, 5.41) is 1.76. The van der Waals surface area contributed by atoms with Gasteiger partial charge in [0.25, 0.3) is 5.91 Å². The number of amides is 1. The Morgan fingerprint density at radius 3 is 2.80 bits per heavy atom. The number of rotatable bonds is 4. The number of pyridine rings is 1. The largest absolute Gasteiger partial charge is 0.396 e. The van der Waals surface area contributed by atoms with Crippen molar-refractivity contribution in [1.29, 1.82) is 0 Å². The zero-order chi connectivity index (χ0) is 14.9. The highest BCUT2D eigenvalue weighted by Gasteiger charge is 2.41. The Labute approximate surface area is 114 Å². The predicted octanol–water partition coefficient (Wildman–Crippen LogP) is 2.51. The van der Waals surface area contributed by atoms with Crippen molar-refractivity contribution in [2.75, 3.05) is 12.3 Å².